The molecule has 24 heavy (non-hydrogen) atoms. The minimum atomic E-state index is -1.11. The summed E-state index contributed by atoms with van der Waals surface area (Å²) in [7, 11) is 0. The first-order chi connectivity index (χ1) is 11.5. The molecule has 3 rings (SSSR count). The third kappa shape index (κ3) is 3.60. The number of carbonyl (C=O) groups excluding carboxylic acids is 2. The van der Waals surface area contributed by atoms with Crippen LogP contribution in [0.25, 0.3) is 0 Å². The van der Waals surface area contributed by atoms with Crippen LogP contribution in [0.5, 0.6) is 0 Å². The molecule has 0 bridgehead atoms. The summed E-state index contributed by atoms with van der Waals surface area (Å²) in [6.45, 7) is 2.89. The second kappa shape index (κ2) is 7.07. The number of furan rings is 1. The van der Waals surface area contributed by atoms with Gasteiger partial charge >= 0.3 is 5.97 Å². The van der Waals surface area contributed by atoms with Crippen LogP contribution in [0.4, 0.5) is 0 Å². The molecule has 2 saturated heterocycles. The zero-order valence-electron chi connectivity index (χ0n) is 13.6. The molecule has 0 aromatic carbocycles. The lowest BCUT2D eigenvalue weighted by Crippen LogP contribution is -2.39. The van der Waals surface area contributed by atoms with Crippen molar-refractivity contribution in [3.8, 4) is 0 Å². The van der Waals surface area contributed by atoms with Gasteiger partial charge in [0.1, 0.15) is 6.26 Å². The van der Waals surface area contributed by atoms with Gasteiger partial charge in [-0.2, -0.15) is 0 Å². The quantitative estimate of drug-likeness (QED) is 0.907. The number of amides is 2. The number of carbonyl (C=O) groups is 3. The van der Waals surface area contributed by atoms with E-state index < -0.39 is 5.97 Å². The predicted molar refractivity (Wildman–Crippen MR) is 84.7 cm³/mol. The molecular weight excluding hydrogens is 312 g/mol. The number of hydrogen-bond acceptors (Lipinski definition) is 4. The van der Waals surface area contributed by atoms with Crippen LogP contribution in [0, 0.1) is 5.92 Å². The summed E-state index contributed by atoms with van der Waals surface area (Å²) in [6, 6.07) is 1.26. The van der Waals surface area contributed by atoms with Gasteiger partial charge in [0.25, 0.3) is 5.91 Å². The molecule has 1 aromatic heterocycles. The molecule has 0 radical (unpaired) electrons. The Morgan fingerprint density at radius 3 is 2.33 bits per heavy atom. The van der Waals surface area contributed by atoms with Crippen LogP contribution in [0.2, 0.25) is 0 Å². The maximum Gasteiger partial charge on any atom is 0.338 e. The maximum atomic E-state index is 12.3. The lowest BCUT2D eigenvalue weighted by atomic mass is 9.93. The lowest BCUT2D eigenvalue weighted by Gasteiger charge is -2.31. The fraction of sp³-hybridized carbons (Fsp3) is 0.588. The molecule has 2 amide bonds. The number of aromatic carboxylic acids is 1. The van der Waals surface area contributed by atoms with Crippen LogP contribution in [0.3, 0.4) is 0 Å². The van der Waals surface area contributed by atoms with Crippen LogP contribution in [-0.4, -0.2) is 58.9 Å². The number of rotatable bonds is 4. The molecule has 0 unspecified atom stereocenters. The van der Waals surface area contributed by atoms with Crippen molar-refractivity contribution < 1.29 is 23.9 Å². The first-order valence-electron chi connectivity index (χ1n) is 8.43. The highest BCUT2D eigenvalue weighted by Gasteiger charge is 2.28. The summed E-state index contributed by atoms with van der Waals surface area (Å²) in [6.07, 6.45) is 5.42. The Morgan fingerprint density at radius 2 is 1.75 bits per heavy atom. The number of likely N-dealkylation sites (tertiary alicyclic amines) is 2. The van der Waals surface area contributed by atoms with Crippen LogP contribution in [0.1, 0.15) is 53.0 Å². The summed E-state index contributed by atoms with van der Waals surface area (Å²) in [5.74, 6) is -0.800. The summed E-state index contributed by atoms with van der Waals surface area (Å²) in [5, 5.41) is 8.88. The largest absolute Gasteiger partial charge is 0.478 e. The highest BCUT2D eigenvalue weighted by Crippen LogP contribution is 2.24. The average Bonchev–Trinajstić information content (AvgIpc) is 3.26. The second-order valence-corrected chi connectivity index (χ2v) is 6.53. The van der Waals surface area contributed by atoms with Crippen molar-refractivity contribution >= 4 is 17.8 Å². The average molecular weight is 334 g/mol. The van der Waals surface area contributed by atoms with E-state index in [1.54, 1.807) is 4.90 Å². The Hall–Kier alpha value is -2.31. The van der Waals surface area contributed by atoms with E-state index in [0.29, 0.717) is 25.4 Å². The molecule has 1 N–H and O–H groups in total. The molecule has 0 aliphatic carbocycles. The van der Waals surface area contributed by atoms with Crippen molar-refractivity contribution in [1.82, 2.24) is 9.80 Å². The highest BCUT2D eigenvalue weighted by atomic mass is 16.4. The van der Waals surface area contributed by atoms with Crippen molar-refractivity contribution in [2.75, 3.05) is 26.2 Å². The summed E-state index contributed by atoms with van der Waals surface area (Å²) in [5.41, 5.74) is -0.0237. The first kappa shape index (κ1) is 16.5. The molecule has 2 aliphatic heterocycles. The van der Waals surface area contributed by atoms with Crippen LogP contribution < -0.4 is 0 Å². The molecule has 1 aromatic rings. The number of carboxylic acids is 1. The van der Waals surface area contributed by atoms with Crippen molar-refractivity contribution in [3.63, 3.8) is 0 Å². The molecule has 0 saturated carbocycles. The molecule has 130 valence electrons. The normalized spacial score (nSPS) is 18.8. The fourth-order valence-electron chi connectivity index (χ4n) is 3.40. The van der Waals surface area contributed by atoms with Gasteiger partial charge in [0.2, 0.25) is 5.91 Å². The van der Waals surface area contributed by atoms with E-state index in [-0.39, 0.29) is 23.1 Å². The molecule has 7 heteroatoms. The fourth-order valence-corrected chi connectivity index (χ4v) is 3.40. The predicted octanol–water partition coefficient (Wildman–Crippen LogP) is 1.84. The SMILES string of the molecule is O=C(O)c1coc(C(=O)N2CCC(CC(=O)N3CCCC3)CC2)c1. The zero-order chi connectivity index (χ0) is 17.1. The molecule has 7 nitrogen and oxygen atoms in total. The van der Waals surface area contributed by atoms with Gasteiger partial charge in [-0.05, 0) is 31.6 Å². The van der Waals surface area contributed by atoms with Gasteiger partial charge in [0.05, 0.1) is 5.56 Å². The third-order valence-corrected chi connectivity index (χ3v) is 4.88. The van der Waals surface area contributed by atoms with Gasteiger partial charge in [-0.15, -0.1) is 0 Å². The molecule has 0 spiro atoms. The summed E-state index contributed by atoms with van der Waals surface area (Å²) < 4.78 is 5.07. The molecule has 2 fully saturated rings. The number of hydrogen-bond donors (Lipinski definition) is 1. The van der Waals surface area contributed by atoms with Gasteiger partial charge in [0, 0.05) is 38.7 Å². The Bertz CT molecular complexity index is 625. The standard InChI is InChI=1S/C17H22N2O5/c20-15(18-5-1-2-6-18)9-12-3-7-19(8-4-12)16(21)14-10-13(11-24-14)17(22)23/h10-12H,1-9H2,(H,22,23). The van der Waals surface area contributed by atoms with Gasteiger partial charge in [-0.1, -0.05) is 0 Å². The zero-order valence-corrected chi connectivity index (χ0v) is 13.6. The Balaban J connectivity index is 1.49. The Morgan fingerprint density at radius 1 is 1.08 bits per heavy atom. The van der Waals surface area contributed by atoms with E-state index in [4.69, 9.17) is 9.52 Å². The van der Waals surface area contributed by atoms with Crippen molar-refractivity contribution in [2.45, 2.75) is 32.1 Å². The monoisotopic (exact) mass is 334 g/mol. The number of nitrogens with zero attached hydrogens (tertiary/aromatic N) is 2. The van der Waals surface area contributed by atoms with Crippen molar-refractivity contribution in [1.29, 1.82) is 0 Å². The lowest BCUT2D eigenvalue weighted by molar-refractivity contribution is -0.131. The Kier molecular flexibility index (Phi) is 4.87. The smallest absolute Gasteiger partial charge is 0.338 e. The number of carboxylic acid groups (broad SMARTS) is 1. The molecule has 3 heterocycles. The van der Waals surface area contributed by atoms with Gasteiger partial charge in [-0.25, -0.2) is 4.79 Å². The van der Waals surface area contributed by atoms with Crippen LogP contribution in [-0.2, 0) is 4.79 Å². The van der Waals surface area contributed by atoms with Crippen LogP contribution in [0.15, 0.2) is 16.7 Å². The van der Waals surface area contributed by atoms with E-state index in [0.717, 1.165) is 45.0 Å². The minimum absolute atomic E-state index is 0.0237. The topological polar surface area (TPSA) is 91.1 Å². The summed E-state index contributed by atoms with van der Waals surface area (Å²) in [4.78, 5) is 39.0. The maximum absolute atomic E-state index is 12.3. The second-order valence-electron chi connectivity index (χ2n) is 6.53. The van der Waals surface area contributed by atoms with E-state index >= 15 is 0 Å². The van der Waals surface area contributed by atoms with Crippen LogP contribution >= 0.6 is 0 Å². The Labute approximate surface area is 140 Å². The highest BCUT2D eigenvalue weighted by molar-refractivity contribution is 5.95. The minimum Gasteiger partial charge on any atom is -0.478 e. The van der Waals surface area contributed by atoms with Gasteiger partial charge < -0.3 is 19.3 Å². The van der Waals surface area contributed by atoms with Gasteiger partial charge in [-0.3, -0.25) is 9.59 Å². The summed E-state index contributed by atoms with van der Waals surface area (Å²) >= 11 is 0. The molecule has 0 atom stereocenters. The van der Waals surface area contributed by atoms with Gasteiger partial charge in [0.15, 0.2) is 5.76 Å². The molecular formula is C17H22N2O5. The van der Waals surface area contributed by atoms with E-state index in [1.807, 2.05) is 4.90 Å². The van der Waals surface area contributed by atoms with Crippen molar-refractivity contribution in [2.24, 2.45) is 5.92 Å². The van der Waals surface area contributed by atoms with Crippen molar-refractivity contribution in [3.05, 3.63) is 23.7 Å². The molecule has 2 aliphatic rings. The third-order valence-electron chi connectivity index (χ3n) is 4.88. The first-order valence-corrected chi connectivity index (χ1v) is 8.43. The number of piperidine rings is 1. The van der Waals surface area contributed by atoms with E-state index in [2.05, 4.69) is 0 Å². The van der Waals surface area contributed by atoms with E-state index in [9.17, 15) is 14.4 Å². The van der Waals surface area contributed by atoms with E-state index in [1.165, 1.54) is 6.07 Å².